The fraction of sp³-hybridized carbons (Fsp3) is 0.238. The Balaban J connectivity index is 1.73. The van der Waals surface area contributed by atoms with Gasteiger partial charge in [0.25, 0.3) is 5.69 Å². The minimum atomic E-state index is -0.485. The SMILES string of the molecule is CC(=O)N1CCN(c2c(Cl)cccc2NC(=O)/C=C/c2cccc([N+](=O)[O-])c2)CC1. The summed E-state index contributed by atoms with van der Waals surface area (Å²) in [6, 6.07) is 11.3. The summed E-state index contributed by atoms with van der Waals surface area (Å²) in [6.45, 7) is 3.93. The normalized spacial score (nSPS) is 14.1. The number of halogens is 1. The first kappa shape index (κ1) is 21.3. The molecule has 2 aromatic carbocycles. The summed E-state index contributed by atoms with van der Waals surface area (Å²) in [4.78, 5) is 38.2. The Labute approximate surface area is 178 Å². The number of amides is 2. The maximum absolute atomic E-state index is 12.4. The van der Waals surface area contributed by atoms with Crippen molar-refractivity contribution in [2.75, 3.05) is 36.4 Å². The number of rotatable bonds is 5. The van der Waals surface area contributed by atoms with Crippen LogP contribution in [0.4, 0.5) is 17.1 Å². The summed E-state index contributed by atoms with van der Waals surface area (Å²) in [5.41, 5.74) is 1.78. The molecule has 0 aromatic heterocycles. The van der Waals surface area contributed by atoms with Crippen LogP contribution in [0.1, 0.15) is 12.5 Å². The first-order valence-electron chi connectivity index (χ1n) is 9.37. The highest BCUT2D eigenvalue weighted by Gasteiger charge is 2.22. The van der Waals surface area contributed by atoms with Crippen molar-refractivity contribution in [3.8, 4) is 0 Å². The number of para-hydroxylation sites is 1. The van der Waals surface area contributed by atoms with Crippen molar-refractivity contribution < 1.29 is 14.5 Å². The van der Waals surface area contributed by atoms with Crippen molar-refractivity contribution in [1.29, 1.82) is 0 Å². The van der Waals surface area contributed by atoms with Crippen molar-refractivity contribution in [3.05, 3.63) is 69.2 Å². The monoisotopic (exact) mass is 428 g/mol. The third-order valence-corrected chi connectivity index (χ3v) is 5.10. The standard InChI is InChI=1S/C21H21ClN4O4/c1-15(27)24-10-12-25(13-11-24)21-18(22)6-3-7-19(21)23-20(28)9-8-16-4-2-5-17(14-16)26(29)30/h2-9,14H,10-13H2,1H3,(H,23,28)/b9-8+. The van der Waals surface area contributed by atoms with E-state index in [9.17, 15) is 19.7 Å². The van der Waals surface area contributed by atoms with Crippen LogP contribution in [0.15, 0.2) is 48.5 Å². The molecule has 1 saturated heterocycles. The van der Waals surface area contributed by atoms with Gasteiger partial charge in [-0.25, -0.2) is 0 Å². The number of non-ortho nitro benzene ring substituents is 1. The second-order valence-corrected chi connectivity index (χ2v) is 7.21. The summed E-state index contributed by atoms with van der Waals surface area (Å²) in [6.07, 6.45) is 2.83. The topological polar surface area (TPSA) is 95.8 Å². The molecule has 0 unspecified atom stereocenters. The maximum atomic E-state index is 12.4. The van der Waals surface area contributed by atoms with E-state index in [0.717, 1.165) is 0 Å². The molecular formula is C21H21ClN4O4. The number of piperazine rings is 1. The van der Waals surface area contributed by atoms with E-state index in [1.165, 1.54) is 24.3 Å². The van der Waals surface area contributed by atoms with Gasteiger partial charge < -0.3 is 15.1 Å². The molecular weight excluding hydrogens is 408 g/mol. The average molecular weight is 429 g/mol. The van der Waals surface area contributed by atoms with E-state index in [0.29, 0.717) is 48.1 Å². The van der Waals surface area contributed by atoms with Crippen LogP contribution in [0.3, 0.4) is 0 Å². The zero-order chi connectivity index (χ0) is 21.7. The van der Waals surface area contributed by atoms with E-state index in [1.54, 1.807) is 42.2 Å². The van der Waals surface area contributed by atoms with Crippen molar-refractivity contribution in [2.24, 2.45) is 0 Å². The van der Waals surface area contributed by atoms with Gasteiger partial charge in [-0.15, -0.1) is 0 Å². The Kier molecular flexibility index (Phi) is 6.68. The largest absolute Gasteiger partial charge is 0.365 e. The lowest BCUT2D eigenvalue weighted by molar-refractivity contribution is -0.384. The summed E-state index contributed by atoms with van der Waals surface area (Å²) >= 11 is 6.41. The predicted molar refractivity (Wildman–Crippen MR) is 117 cm³/mol. The zero-order valence-electron chi connectivity index (χ0n) is 16.4. The molecule has 0 aliphatic carbocycles. The molecule has 0 atom stereocenters. The van der Waals surface area contributed by atoms with E-state index < -0.39 is 4.92 Å². The van der Waals surface area contributed by atoms with Crippen LogP contribution in [0, 0.1) is 10.1 Å². The molecule has 0 bridgehead atoms. The fourth-order valence-electron chi connectivity index (χ4n) is 3.27. The highest BCUT2D eigenvalue weighted by Crippen LogP contribution is 2.34. The minimum Gasteiger partial charge on any atom is -0.365 e. The van der Waals surface area contributed by atoms with Gasteiger partial charge in [-0.3, -0.25) is 19.7 Å². The Morgan fingerprint density at radius 2 is 1.83 bits per heavy atom. The number of hydrogen-bond donors (Lipinski definition) is 1. The van der Waals surface area contributed by atoms with Gasteiger partial charge in [0.15, 0.2) is 0 Å². The lowest BCUT2D eigenvalue weighted by atomic mass is 10.2. The maximum Gasteiger partial charge on any atom is 0.270 e. The summed E-state index contributed by atoms with van der Waals surface area (Å²) in [5, 5.41) is 14.2. The lowest BCUT2D eigenvalue weighted by Gasteiger charge is -2.36. The second-order valence-electron chi connectivity index (χ2n) is 6.80. The molecule has 9 heteroatoms. The minimum absolute atomic E-state index is 0.0358. The number of nitrogens with zero attached hydrogens (tertiary/aromatic N) is 3. The summed E-state index contributed by atoms with van der Waals surface area (Å²) in [5.74, 6) is -0.346. The fourth-order valence-corrected chi connectivity index (χ4v) is 3.56. The van der Waals surface area contributed by atoms with E-state index in [1.807, 2.05) is 4.90 Å². The number of nitrogens with one attached hydrogen (secondary N) is 1. The molecule has 8 nitrogen and oxygen atoms in total. The Hall–Kier alpha value is -3.39. The molecule has 3 rings (SSSR count). The number of nitro groups is 1. The molecule has 0 radical (unpaired) electrons. The summed E-state index contributed by atoms with van der Waals surface area (Å²) in [7, 11) is 0. The van der Waals surface area contributed by atoms with Crippen molar-refractivity contribution in [1.82, 2.24) is 4.90 Å². The first-order chi connectivity index (χ1) is 14.3. The first-order valence-corrected chi connectivity index (χ1v) is 9.75. The summed E-state index contributed by atoms with van der Waals surface area (Å²) < 4.78 is 0. The van der Waals surface area contributed by atoms with Crippen LogP contribution < -0.4 is 10.2 Å². The van der Waals surface area contributed by atoms with Crippen LogP contribution >= 0.6 is 11.6 Å². The lowest BCUT2D eigenvalue weighted by Crippen LogP contribution is -2.48. The molecule has 2 amide bonds. The molecule has 1 aliphatic heterocycles. The van der Waals surface area contributed by atoms with Crippen molar-refractivity contribution in [2.45, 2.75) is 6.92 Å². The Bertz CT molecular complexity index is 1000. The number of hydrogen-bond acceptors (Lipinski definition) is 5. The molecule has 156 valence electrons. The molecule has 0 saturated carbocycles. The van der Waals surface area contributed by atoms with Gasteiger partial charge in [0.05, 0.1) is 21.3 Å². The third-order valence-electron chi connectivity index (χ3n) is 4.79. The quantitative estimate of drug-likeness (QED) is 0.446. The molecule has 1 N–H and O–H groups in total. The molecule has 0 spiro atoms. The van der Waals surface area contributed by atoms with Crippen LogP contribution in [-0.2, 0) is 9.59 Å². The highest BCUT2D eigenvalue weighted by molar-refractivity contribution is 6.34. The van der Waals surface area contributed by atoms with Crippen molar-refractivity contribution in [3.63, 3.8) is 0 Å². The predicted octanol–water partition coefficient (Wildman–Crippen LogP) is 3.57. The van der Waals surface area contributed by atoms with Crippen LogP contribution in [0.25, 0.3) is 6.08 Å². The molecule has 1 aliphatic rings. The van der Waals surface area contributed by atoms with Crippen molar-refractivity contribution >= 4 is 46.6 Å². The molecule has 1 fully saturated rings. The molecule has 2 aromatic rings. The number of anilines is 2. The van der Waals surface area contributed by atoms with Crippen LogP contribution in [-0.4, -0.2) is 47.8 Å². The second kappa shape index (κ2) is 9.41. The highest BCUT2D eigenvalue weighted by atomic mass is 35.5. The van der Waals surface area contributed by atoms with Gasteiger partial charge in [-0.05, 0) is 23.8 Å². The number of carbonyl (C=O) groups excluding carboxylic acids is 2. The van der Waals surface area contributed by atoms with Crippen LogP contribution in [0.2, 0.25) is 5.02 Å². The molecule has 30 heavy (non-hydrogen) atoms. The smallest absolute Gasteiger partial charge is 0.270 e. The number of benzene rings is 2. The Morgan fingerprint density at radius 3 is 2.50 bits per heavy atom. The van der Waals surface area contributed by atoms with Gasteiger partial charge in [0.1, 0.15) is 0 Å². The van der Waals surface area contributed by atoms with Gasteiger partial charge in [0.2, 0.25) is 11.8 Å². The van der Waals surface area contributed by atoms with Gasteiger partial charge >= 0.3 is 0 Å². The third kappa shape index (κ3) is 5.15. The van der Waals surface area contributed by atoms with Crippen LogP contribution in [0.5, 0.6) is 0 Å². The average Bonchev–Trinajstić information content (AvgIpc) is 2.73. The molecule has 1 heterocycles. The van der Waals surface area contributed by atoms with E-state index in [4.69, 9.17) is 11.6 Å². The van der Waals surface area contributed by atoms with Gasteiger partial charge in [0, 0.05) is 51.3 Å². The van der Waals surface area contributed by atoms with Gasteiger partial charge in [-0.1, -0.05) is 29.8 Å². The van der Waals surface area contributed by atoms with E-state index in [-0.39, 0.29) is 17.5 Å². The number of nitro benzene ring substituents is 1. The Morgan fingerprint density at radius 1 is 1.13 bits per heavy atom. The van der Waals surface area contributed by atoms with E-state index in [2.05, 4.69) is 5.32 Å². The van der Waals surface area contributed by atoms with E-state index >= 15 is 0 Å². The van der Waals surface area contributed by atoms with Gasteiger partial charge in [-0.2, -0.15) is 0 Å². The zero-order valence-corrected chi connectivity index (χ0v) is 17.1. The number of carbonyl (C=O) groups is 2.